The highest BCUT2D eigenvalue weighted by Crippen LogP contribution is 2.27. The second-order valence-corrected chi connectivity index (χ2v) is 5.47. The average Bonchev–Trinajstić information content (AvgIpc) is 2.78. The van der Waals surface area contributed by atoms with E-state index in [1.807, 2.05) is 19.2 Å². The molecule has 2 atom stereocenters. The molecule has 1 aromatic heterocycles. The highest BCUT2D eigenvalue weighted by Gasteiger charge is 2.25. The topological polar surface area (TPSA) is 42.1 Å². The van der Waals surface area contributed by atoms with Crippen molar-refractivity contribution in [1.29, 1.82) is 0 Å². The lowest BCUT2D eigenvalue weighted by molar-refractivity contribution is 0.422. The molecular weight excluding hydrogens is 210 g/mol. The maximum Gasteiger partial charge on any atom is 0.128 e. The van der Waals surface area contributed by atoms with E-state index < -0.39 is 0 Å². The van der Waals surface area contributed by atoms with Crippen molar-refractivity contribution in [2.24, 2.45) is 17.6 Å². The number of hydrogen-bond donors (Lipinski definition) is 1. The highest BCUT2D eigenvalue weighted by molar-refractivity contribution is 5.42. The fraction of sp³-hybridized carbons (Fsp3) is 0.643. The van der Waals surface area contributed by atoms with E-state index in [-0.39, 0.29) is 6.04 Å². The van der Waals surface area contributed by atoms with Crippen molar-refractivity contribution in [3.8, 4) is 0 Å². The molecule has 3 nitrogen and oxygen atoms in total. The molecule has 2 heterocycles. The summed E-state index contributed by atoms with van der Waals surface area (Å²) >= 11 is 0. The van der Waals surface area contributed by atoms with Gasteiger partial charge in [0.1, 0.15) is 5.82 Å². The molecule has 94 valence electrons. The summed E-state index contributed by atoms with van der Waals surface area (Å²) in [5, 5.41) is 0. The third-order valence-corrected chi connectivity index (χ3v) is 3.79. The zero-order valence-corrected chi connectivity index (χ0v) is 11.1. The molecule has 17 heavy (non-hydrogen) atoms. The lowest BCUT2D eigenvalue weighted by atomic mass is 9.95. The first-order valence-corrected chi connectivity index (χ1v) is 6.54. The van der Waals surface area contributed by atoms with Crippen LogP contribution < -0.4 is 10.6 Å². The summed E-state index contributed by atoms with van der Waals surface area (Å²) in [6.07, 6.45) is 3.15. The van der Waals surface area contributed by atoms with Gasteiger partial charge in [0.05, 0.1) is 0 Å². The molecule has 0 amide bonds. The predicted molar refractivity (Wildman–Crippen MR) is 72.0 cm³/mol. The van der Waals surface area contributed by atoms with E-state index in [0.29, 0.717) is 0 Å². The summed E-state index contributed by atoms with van der Waals surface area (Å²) < 4.78 is 0. The first-order chi connectivity index (χ1) is 8.08. The number of aromatic nitrogens is 1. The summed E-state index contributed by atoms with van der Waals surface area (Å²) in [6.45, 7) is 8.88. The number of nitrogens with two attached hydrogens (primary N) is 1. The lowest BCUT2D eigenvalue weighted by Crippen LogP contribution is -2.22. The normalized spacial score (nSPS) is 22.2. The summed E-state index contributed by atoms with van der Waals surface area (Å²) in [4.78, 5) is 6.85. The molecule has 2 rings (SSSR count). The van der Waals surface area contributed by atoms with Crippen LogP contribution in [0.25, 0.3) is 0 Å². The molecule has 3 heteroatoms. The fourth-order valence-electron chi connectivity index (χ4n) is 2.43. The second-order valence-electron chi connectivity index (χ2n) is 5.47. The molecule has 0 radical (unpaired) electrons. The summed E-state index contributed by atoms with van der Waals surface area (Å²) in [5.74, 6) is 2.65. The molecule has 1 unspecified atom stereocenters. The molecule has 1 aromatic rings. The van der Waals surface area contributed by atoms with Crippen LogP contribution in [-0.4, -0.2) is 18.1 Å². The zero-order chi connectivity index (χ0) is 12.4. The Bertz CT molecular complexity index is 373. The van der Waals surface area contributed by atoms with Gasteiger partial charge < -0.3 is 10.6 Å². The molecular formula is C14H23N3. The van der Waals surface area contributed by atoms with Gasteiger partial charge in [-0.15, -0.1) is 0 Å². The maximum atomic E-state index is 5.91. The zero-order valence-electron chi connectivity index (χ0n) is 11.1. The summed E-state index contributed by atoms with van der Waals surface area (Å²) in [5.41, 5.74) is 7.08. The molecule has 1 fully saturated rings. The molecule has 0 bridgehead atoms. The van der Waals surface area contributed by atoms with Crippen LogP contribution in [0.5, 0.6) is 0 Å². The Labute approximate surface area is 104 Å². The van der Waals surface area contributed by atoms with Crippen LogP contribution in [0.3, 0.4) is 0 Å². The fourth-order valence-corrected chi connectivity index (χ4v) is 2.43. The van der Waals surface area contributed by atoms with Crippen molar-refractivity contribution >= 4 is 5.82 Å². The Kier molecular flexibility index (Phi) is 3.67. The van der Waals surface area contributed by atoms with Gasteiger partial charge >= 0.3 is 0 Å². The van der Waals surface area contributed by atoms with E-state index in [1.165, 1.54) is 12.0 Å². The third kappa shape index (κ3) is 2.78. The Morgan fingerprint density at radius 3 is 2.76 bits per heavy atom. The van der Waals surface area contributed by atoms with Crippen LogP contribution in [0.15, 0.2) is 18.3 Å². The van der Waals surface area contributed by atoms with E-state index in [9.17, 15) is 0 Å². The van der Waals surface area contributed by atoms with Gasteiger partial charge in [-0.1, -0.05) is 13.8 Å². The highest BCUT2D eigenvalue weighted by atomic mass is 15.2. The molecule has 1 aliphatic heterocycles. The Hall–Kier alpha value is -1.09. The molecule has 0 spiro atoms. The minimum Gasteiger partial charge on any atom is -0.356 e. The molecule has 0 aromatic carbocycles. The first-order valence-electron chi connectivity index (χ1n) is 6.54. The van der Waals surface area contributed by atoms with E-state index in [2.05, 4.69) is 29.8 Å². The number of pyridine rings is 1. The SMILES string of the molecule is CC(C)C1CCN(c2cc([C@@H](C)N)ccn2)C1. The van der Waals surface area contributed by atoms with Gasteiger partial charge in [0.2, 0.25) is 0 Å². The Morgan fingerprint density at radius 1 is 1.41 bits per heavy atom. The van der Waals surface area contributed by atoms with Crippen LogP contribution in [0.4, 0.5) is 5.82 Å². The van der Waals surface area contributed by atoms with E-state index in [1.54, 1.807) is 0 Å². The number of anilines is 1. The third-order valence-electron chi connectivity index (χ3n) is 3.79. The summed E-state index contributed by atoms with van der Waals surface area (Å²) in [6, 6.07) is 4.22. The number of hydrogen-bond acceptors (Lipinski definition) is 3. The van der Waals surface area contributed by atoms with Crippen molar-refractivity contribution in [2.45, 2.75) is 33.2 Å². The Balaban J connectivity index is 2.11. The number of nitrogens with zero attached hydrogens (tertiary/aromatic N) is 2. The quantitative estimate of drug-likeness (QED) is 0.872. The predicted octanol–water partition coefficient (Wildman–Crippen LogP) is 2.58. The minimum absolute atomic E-state index is 0.0836. The average molecular weight is 233 g/mol. The second kappa shape index (κ2) is 5.05. The molecule has 2 N–H and O–H groups in total. The van der Waals surface area contributed by atoms with Gasteiger partial charge in [0, 0.05) is 25.3 Å². The van der Waals surface area contributed by atoms with Crippen LogP contribution in [0.1, 0.15) is 38.8 Å². The largest absolute Gasteiger partial charge is 0.356 e. The standard InChI is InChI=1S/C14H23N3/c1-10(2)13-5-7-17(9-13)14-8-12(11(3)15)4-6-16-14/h4,6,8,10-11,13H,5,7,9,15H2,1-3H3/t11-,13?/m1/s1. The Morgan fingerprint density at radius 2 is 2.18 bits per heavy atom. The van der Waals surface area contributed by atoms with Crippen LogP contribution in [0.2, 0.25) is 0 Å². The van der Waals surface area contributed by atoms with Crippen LogP contribution in [0, 0.1) is 11.8 Å². The minimum atomic E-state index is 0.0836. The van der Waals surface area contributed by atoms with Gasteiger partial charge in [-0.3, -0.25) is 0 Å². The lowest BCUT2D eigenvalue weighted by Gasteiger charge is -2.20. The number of rotatable bonds is 3. The molecule has 0 aliphatic carbocycles. The van der Waals surface area contributed by atoms with Crippen LogP contribution >= 0.6 is 0 Å². The van der Waals surface area contributed by atoms with E-state index >= 15 is 0 Å². The van der Waals surface area contributed by atoms with Gasteiger partial charge in [0.15, 0.2) is 0 Å². The van der Waals surface area contributed by atoms with Crippen molar-refractivity contribution in [3.05, 3.63) is 23.9 Å². The van der Waals surface area contributed by atoms with Gasteiger partial charge in [-0.05, 0) is 42.9 Å². The van der Waals surface area contributed by atoms with Crippen molar-refractivity contribution in [3.63, 3.8) is 0 Å². The maximum absolute atomic E-state index is 5.91. The first kappa shape index (κ1) is 12.4. The molecule has 1 aliphatic rings. The van der Waals surface area contributed by atoms with Gasteiger partial charge in [-0.2, -0.15) is 0 Å². The molecule has 0 saturated carbocycles. The van der Waals surface area contributed by atoms with Crippen LogP contribution in [-0.2, 0) is 0 Å². The van der Waals surface area contributed by atoms with E-state index in [0.717, 1.165) is 30.7 Å². The van der Waals surface area contributed by atoms with Crippen molar-refractivity contribution < 1.29 is 0 Å². The summed E-state index contributed by atoms with van der Waals surface area (Å²) in [7, 11) is 0. The van der Waals surface area contributed by atoms with Crippen molar-refractivity contribution in [1.82, 2.24) is 4.98 Å². The smallest absolute Gasteiger partial charge is 0.128 e. The van der Waals surface area contributed by atoms with Crippen molar-refractivity contribution in [2.75, 3.05) is 18.0 Å². The van der Waals surface area contributed by atoms with E-state index in [4.69, 9.17) is 5.73 Å². The van der Waals surface area contributed by atoms with Gasteiger partial charge in [0.25, 0.3) is 0 Å². The van der Waals surface area contributed by atoms with Gasteiger partial charge in [-0.25, -0.2) is 4.98 Å². The monoisotopic (exact) mass is 233 g/mol. The molecule has 1 saturated heterocycles.